The van der Waals surface area contributed by atoms with E-state index in [2.05, 4.69) is 15.5 Å². The maximum absolute atomic E-state index is 11.4. The van der Waals surface area contributed by atoms with Crippen LogP contribution in [-0.4, -0.2) is 33.8 Å². The number of aryl methyl sites for hydroxylation is 2. The molecular formula is C11H19N3O3. The van der Waals surface area contributed by atoms with Gasteiger partial charge in [0.1, 0.15) is 0 Å². The molecule has 2 N–H and O–H groups in total. The minimum atomic E-state index is -0.221. The zero-order valence-electron chi connectivity index (χ0n) is 10.3. The third-order valence-electron chi connectivity index (χ3n) is 2.23. The highest BCUT2D eigenvalue weighted by Crippen LogP contribution is 2.03. The molecule has 0 aromatic carbocycles. The standard InChI is InChI=1S/C11H19N3O3/c1-3-4-9-13-11(17-14-9)6-5-10(16)12-8(2)7-15/h8,15H,3-7H2,1-2H3,(H,12,16). The van der Waals surface area contributed by atoms with E-state index in [0.717, 1.165) is 12.8 Å². The molecule has 0 spiro atoms. The van der Waals surface area contributed by atoms with Crippen molar-refractivity contribution >= 4 is 5.91 Å². The highest BCUT2D eigenvalue weighted by atomic mass is 16.5. The van der Waals surface area contributed by atoms with Gasteiger partial charge in [-0.1, -0.05) is 12.1 Å². The molecule has 1 aromatic rings. The van der Waals surface area contributed by atoms with Crippen LogP contribution in [0.2, 0.25) is 0 Å². The van der Waals surface area contributed by atoms with Crippen molar-refractivity contribution in [3.63, 3.8) is 0 Å². The van der Waals surface area contributed by atoms with Crippen molar-refractivity contribution < 1.29 is 14.4 Å². The zero-order chi connectivity index (χ0) is 12.7. The zero-order valence-corrected chi connectivity index (χ0v) is 10.3. The van der Waals surface area contributed by atoms with Crippen LogP contribution in [0, 0.1) is 0 Å². The summed E-state index contributed by atoms with van der Waals surface area (Å²) in [5.41, 5.74) is 0. The molecule has 6 heteroatoms. The summed E-state index contributed by atoms with van der Waals surface area (Å²) in [5, 5.41) is 15.2. The van der Waals surface area contributed by atoms with Crippen LogP contribution in [0.5, 0.6) is 0 Å². The highest BCUT2D eigenvalue weighted by Gasteiger charge is 2.10. The summed E-state index contributed by atoms with van der Waals surface area (Å²) in [6.45, 7) is 3.72. The topological polar surface area (TPSA) is 88.2 Å². The summed E-state index contributed by atoms with van der Waals surface area (Å²) in [4.78, 5) is 15.6. The number of hydrogen-bond acceptors (Lipinski definition) is 5. The van der Waals surface area contributed by atoms with Crippen LogP contribution in [0.25, 0.3) is 0 Å². The molecule has 1 aromatic heterocycles. The second kappa shape index (κ2) is 7.01. The first-order chi connectivity index (χ1) is 8.15. The minimum absolute atomic E-state index is 0.0626. The molecule has 1 atom stereocenters. The van der Waals surface area contributed by atoms with E-state index in [-0.39, 0.29) is 25.0 Å². The van der Waals surface area contributed by atoms with Gasteiger partial charge >= 0.3 is 0 Å². The number of aliphatic hydroxyl groups excluding tert-OH is 1. The molecule has 0 aliphatic rings. The molecule has 1 rings (SSSR count). The molecule has 96 valence electrons. The Morgan fingerprint density at radius 1 is 1.53 bits per heavy atom. The number of aliphatic hydroxyl groups is 1. The predicted molar refractivity (Wildman–Crippen MR) is 61.3 cm³/mol. The lowest BCUT2D eigenvalue weighted by molar-refractivity contribution is -0.122. The Morgan fingerprint density at radius 3 is 2.94 bits per heavy atom. The molecule has 1 heterocycles. The van der Waals surface area contributed by atoms with Crippen molar-refractivity contribution in [2.75, 3.05) is 6.61 Å². The summed E-state index contributed by atoms with van der Waals surface area (Å²) in [7, 11) is 0. The molecule has 6 nitrogen and oxygen atoms in total. The average molecular weight is 241 g/mol. The Morgan fingerprint density at radius 2 is 2.29 bits per heavy atom. The van der Waals surface area contributed by atoms with E-state index in [1.807, 2.05) is 6.92 Å². The SMILES string of the molecule is CCCc1noc(CCC(=O)NC(C)CO)n1. The number of carbonyl (C=O) groups excluding carboxylic acids is 1. The lowest BCUT2D eigenvalue weighted by atomic mass is 10.2. The molecule has 0 saturated heterocycles. The van der Waals surface area contributed by atoms with Gasteiger partial charge in [-0.2, -0.15) is 4.98 Å². The van der Waals surface area contributed by atoms with E-state index in [9.17, 15) is 4.79 Å². The Labute approximate surface area is 100 Å². The molecule has 0 aliphatic carbocycles. The third kappa shape index (κ3) is 4.95. The van der Waals surface area contributed by atoms with E-state index >= 15 is 0 Å². The van der Waals surface area contributed by atoms with Crippen molar-refractivity contribution in [2.24, 2.45) is 0 Å². The van der Waals surface area contributed by atoms with Crippen LogP contribution in [0.15, 0.2) is 4.52 Å². The maximum atomic E-state index is 11.4. The van der Waals surface area contributed by atoms with Crippen molar-refractivity contribution in [1.82, 2.24) is 15.5 Å². The highest BCUT2D eigenvalue weighted by molar-refractivity contribution is 5.76. The van der Waals surface area contributed by atoms with Crippen molar-refractivity contribution in [2.45, 2.75) is 45.6 Å². The monoisotopic (exact) mass is 241 g/mol. The first-order valence-corrected chi connectivity index (χ1v) is 5.87. The molecule has 0 saturated carbocycles. The quantitative estimate of drug-likeness (QED) is 0.723. The number of nitrogens with zero attached hydrogens (tertiary/aromatic N) is 2. The summed E-state index contributed by atoms with van der Waals surface area (Å²) >= 11 is 0. The lowest BCUT2D eigenvalue weighted by Crippen LogP contribution is -2.35. The van der Waals surface area contributed by atoms with Gasteiger partial charge in [0.05, 0.1) is 6.61 Å². The number of carbonyl (C=O) groups is 1. The summed E-state index contributed by atoms with van der Waals surface area (Å²) in [5.74, 6) is 1.05. The average Bonchev–Trinajstić information content (AvgIpc) is 2.74. The molecule has 0 bridgehead atoms. The number of rotatable bonds is 7. The first kappa shape index (κ1) is 13.6. The number of hydrogen-bond donors (Lipinski definition) is 2. The summed E-state index contributed by atoms with van der Waals surface area (Å²) in [6, 6.07) is -0.221. The van der Waals surface area contributed by atoms with E-state index < -0.39 is 0 Å². The van der Waals surface area contributed by atoms with Gasteiger partial charge in [-0.05, 0) is 13.3 Å². The van der Waals surface area contributed by atoms with E-state index in [4.69, 9.17) is 9.63 Å². The van der Waals surface area contributed by atoms with Gasteiger partial charge in [0.2, 0.25) is 11.8 Å². The second-order valence-corrected chi connectivity index (χ2v) is 4.01. The van der Waals surface area contributed by atoms with Gasteiger partial charge in [0.25, 0.3) is 0 Å². The Bertz CT molecular complexity index is 351. The van der Waals surface area contributed by atoms with Crippen molar-refractivity contribution in [3.05, 3.63) is 11.7 Å². The number of amides is 1. The van der Waals surface area contributed by atoms with Gasteiger partial charge in [-0.15, -0.1) is 0 Å². The number of nitrogens with one attached hydrogen (secondary N) is 1. The van der Waals surface area contributed by atoms with Crippen LogP contribution in [0.4, 0.5) is 0 Å². The van der Waals surface area contributed by atoms with Gasteiger partial charge in [-0.25, -0.2) is 0 Å². The van der Waals surface area contributed by atoms with Crippen LogP contribution in [0.1, 0.15) is 38.4 Å². The molecule has 0 fully saturated rings. The van der Waals surface area contributed by atoms with E-state index in [0.29, 0.717) is 18.1 Å². The lowest BCUT2D eigenvalue weighted by Gasteiger charge is -2.09. The fourth-order valence-corrected chi connectivity index (χ4v) is 1.33. The molecule has 0 radical (unpaired) electrons. The minimum Gasteiger partial charge on any atom is -0.394 e. The van der Waals surface area contributed by atoms with Crippen LogP contribution < -0.4 is 5.32 Å². The second-order valence-electron chi connectivity index (χ2n) is 4.01. The fourth-order valence-electron chi connectivity index (χ4n) is 1.33. The molecule has 1 unspecified atom stereocenters. The Balaban J connectivity index is 2.31. The van der Waals surface area contributed by atoms with Crippen LogP contribution >= 0.6 is 0 Å². The van der Waals surface area contributed by atoms with E-state index in [1.54, 1.807) is 6.92 Å². The number of aromatic nitrogens is 2. The Hall–Kier alpha value is -1.43. The van der Waals surface area contributed by atoms with Gasteiger partial charge in [0.15, 0.2) is 5.82 Å². The summed E-state index contributed by atoms with van der Waals surface area (Å²) < 4.78 is 5.01. The first-order valence-electron chi connectivity index (χ1n) is 5.87. The van der Waals surface area contributed by atoms with Gasteiger partial charge < -0.3 is 14.9 Å². The Kier molecular flexibility index (Phi) is 5.62. The normalized spacial score (nSPS) is 12.4. The molecule has 17 heavy (non-hydrogen) atoms. The van der Waals surface area contributed by atoms with Crippen LogP contribution in [0.3, 0.4) is 0 Å². The van der Waals surface area contributed by atoms with Crippen molar-refractivity contribution in [1.29, 1.82) is 0 Å². The molecule has 1 amide bonds. The maximum Gasteiger partial charge on any atom is 0.227 e. The van der Waals surface area contributed by atoms with Crippen molar-refractivity contribution in [3.8, 4) is 0 Å². The predicted octanol–water partition coefficient (Wildman–Crippen LogP) is 0.452. The molecular weight excluding hydrogens is 222 g/mol. The van der Waals surface area contributed by atoms with Gasteiger partial charge in [-0.3, -0.25) is 4.79 Å². The summed E-state index contributed by atoms with van der Waals surface area (Å²) in [6.07, 6.45) is 2.48. The van der Waals surface area contributed by atoms with Gasteiger partial charge in [0, 0.05) is 25.3 Å². The largest absolute Gasteiger partial charge is 0.394 e. The smallest absolute Gasteiger partial charge is 0.227 e. The molecule has 0 aliphatic heterocycles. The fraction of sp³-hybridized carbons (Fsp3) is 0.727. The third-order valence-corrected chi connectivity index (χ3v) is 2.23. The van der Waals surface area contributed by atoms with E-state index in [1.165, 1.54) is 0 Å². The van der Waals surface area contributed by atoms with Crippen LogP contribution in [-0.2, 0) is 17.6 Å².